The Morgan fingerprint density at radius 3 is 2.83 bits per heavy atom. The molecule has 88 valence electrons. The molecular formula is C14H10N2OS. The van der Waals surface area contributed by atoms with Gasteiger partial charge in [0.1, 0.15) is 0 Å². The van der Waals surface area contributed by atoms with Crippen LogP contribution >= 0.6 is 0 Å². The van der Waals surface area contributed by atoms with Crippen LogP contribution in [0, 0.1) is 0 Å². The first-order valence-electron chi connectivity index (χ1n) is 5.63. The van der Waals surface area contributed by atoms with Gasteiger partial charge in [0, 0.05) is 35.8 Å². The highest BCUT2D eigenvalue weighted by atomic mass is 32.1. The summed E-state index contributed by atoms with van der Waals surface area (Å²) in [6, 6.07) is 13.8. The van der Waals surface area contributed by atoms with E-state index < -0.39 is 0 Å². The van der Waals surface area contributed by atoms with E-state index in [0.29, 0.717) is 5.56 Å². The van der Waals surface area contributed by atoms with Gasteiger partial charge in [-0.05, 0) is 23.3 Å². The van der Waals surface area contributed by atoms with E-state index in [1.54, 1.807) is 6.07 Å². The average Bonchev–Trinajstić information content (AvgIpc) is 2.45. The minimum atomic E-state index is -0.367. The Morgan fingerprint density at radius 2 is 2.00 bits per heavy atom. The molecule has 4 heteroatoms. The maximum atomic E-state index is 11.4. The lowest BCUT2D eigenvalue weighted by Crippen LogP contribution is -2.09. The van der Waals surface area contributed by atoms with E-state index in [4.69, 9.17) is 0 Å². The highest BCUT2D eigenvalue weighted by Gasteiger charge is 2.16. The summed E-state index contributed by atoms with van der Waals surface area (Å²) in [5.41, 5.74) is 5.06. The molecule has 0 bridgehead atoms. The lowest BCUT2D eigenvalue weighted by atomic mass is 9.93. The number of hydrogen-bond acceptors (Lipinski definition) is 3. The molecule has 18 heavy (non-hydrogen) atoms. The van der Waals surface area contributed by atoms with Gasteiger partial charge in [0.2, 0.25) is 0 Å². The van der Waals surface area contributed by atoms with Gasteiger partial charge < -0.3 is 5.32 Å². The van der Waals surface area contributed by atoms with Gasteiger partial charge in [-0.3, -0.25) is 4.79 Å². The highest BCUT2D eigenvalue weighted by Crippen LogP contribution is 2.35. The summed E-state index contributed by atoms with van der Waals surface area (Å²) < 4.78 is 3.27. The molecule has 0 aromatic heterocycles. The molecule has 2 aromatic rings. The number of carbonyl (C=O) groups is 1. The molecule has 2 aromatic carbocycles. The Bertz CT molecular complexity index is 652. The van der Waals surface area contributed by atoms with Crippen molar-refractivity contribution in [2.45, 2.75) is 6.54 Å². The SMILES string of the molecule is O=C(N=S)c1ccc2c(c1)NCc1ccccc1-2. The molecule has 1 amide bonds. The van der Waals surface area contributed by atoms with Crippen molar-refractivity contribution in [3.05, 3.63) is 53.6 Å². The summed E-state index contributed by atoms with van der Waals surface area (Å²) in [7, 11) is 0. The van der Waals surface area contributed by atoms with Gasteiger partial charge in [-0.25, -0.2) is 0 Å². The summed E-state index contributed by atoms with van der Waals surface area (Å²) >= 11 is 4.43. The van der Waals surface area contributed by atoms with Crippen LogP contribution in [0.25, 0.3) is 11.1 Å². The topological polar surface area (TPSA) is 41.5 Å². The molecule has 0 radical (unpaired) electrons. The number of fused-ring (bicyclic) bond motifs is 3. The molecule has 1 heterocycles. The van der Waals surface area contributed by atoms with Crippen LogP contribution in [0.4, 0.5) is 5.69 Å². The summed E-state index contributed by atoms with van der Waals surface area (Å²) in [4.78, 5) is 11.4. The van der Waals surface area contributed by atoms with Gasteiger partial charge in [-0.15, -0.1) is 4.36 Å². The number of anilines is 1. The zero-order valence-electron chi connectivity index (χ0n) is 9.51. The van der Waals surface area contributed by atoms with Crippen molar-refractivity contribution >= 4 is 24.0 Å². The van der Waals surface area contributed by atoms with Crippen molar-refractivity contribution in [2.24, 2.45) is 4.36 Å². The first kappa shape index (κ1) is 11.0. The van der Waals surface area contributed by atoms with Crippen molar-refractivity contribution in [1.29, 1.82) is 0 Å². The third-order valence-electron chi connectivity index (χ3n) is 3.13. The lowest BCUT2D eigenvalue weighted by Gasteiger charge is -2.21. The molecule has 0 saturated heterocycles. The van der Waals surface area contributed by atoms with E-state index >= 15 is 0 Å². The predicted molar refractivity (Wildman–Crippen MR) is 73.3 cm³/mol. The second-order valence-electron chi connectivity index (χ2n) is 4.17. The van der Waals surface area contributed by atoms with Crippen LogP contribution in [0.1, 0.15) is 15.9 Å². The van der Waals surface area contributed by atoms with Crippen LogP contribution in [0.15, 0.2) is 46.8 Å². The number of benzene rings is 2. The number of amides is 1. The second-order valence-corrected chi connectivity index (χ2v) is 4.35. The average molecular weight is 254 g/mol. The van der Waals surface area contributed by atoms with Gasteiger partial charge in [-0.2, -0.15) is 0 Å². The van der Waals surface area contributed by atoms with Crippen molar-refractivity contribution < 1.29 is 4.79 Å². The van der Waals surface area contributed by atoms with Crippen molar-refractivity contribution in [1.82, 2.24) is 0 Å². The fourth-order valence-corrected chi connectivity index (χ4v) is 2.34. The largest absolute Gasteiger partial charge is 0.380 e. The van der Waals surface area contributed by atoms with Gasteiger partial charge in [0.25, 0.3) is 5.91 Å². The normalized spacial score (nSPS) is 12.0. The van der Waals surface area contributed by atoms with Gasteiger partial charge in [0.15, 0.2) is 0 Å². The fraction of sp³-hybridized carbons (Fsp3) is 0.0714. The Balaban J connectivity index is 2.14. The number of nitrogens with one attached hydrogen (secondary N) is 1. The van der Waals surface area contributed by atoms with Crippen LogP contribution in [0.3, 0.4) is 0 Å². The Kier molecular flexibility index (Phi) is 2.64. The van der Waals surface area contributed by atoms with Gasteiger partial charge in [0.05, 0.1) is 0 Å². The number of nitrogens with zero attached hydrogens (tertiary/aromatic N) is 1. The molecule has 0 atom stereocenters. The van der Waals surface area contributed by atoms with Crippen LogP contribution in [0.5, 0.6) is 0 Å². The summed E-state index contributed by atoms with van der Waals surface area (Å²) in [6.45, 7) is 0.770. The third-order valence-corrected chi connectivity index (χ3v) is 3.29. The number of rotatable bonds is 1. The molecule has 0 saturated carbocycles. The van der Waals surface area contributed by atoms with Crippen LogP contribution in [0.2, 0.25) is 0 Å². The quantitative estimate of drug-likeness (QED) is 0.850. The van der Waals surface area contributed by atoms with Crippen molar-refractivity contribution in [3.63, 3.8) is 0 Å². The van der Waals surface area contributed by atoms with Gasteiger partial charge in [-0.1, -0.05) is 30.3 Å². The zero-order chi connectivity index (χ0) is 12.5. The Hall–Kier alpha value is -2.07. The first-order chi connectivity index (χ1) is 8.79. The maximum absolute atomic E-state index is 11.4. The minimum absolute atomic E-state index is 0.367. The monoisotopic (exact) mass is 254 g/mol. The van der Waals surface area contributed by atoms with E-state index in [2.05, 4.69) is 34.2 Å². The van der Waals surface area contributed by atoms with Crippen LogP contribution in [-0.2, 0) is 19.0 Å². The smallest absolute Gasteiger partial charge is 0.288 e. The Morgan fingerprint density at radius 1 is 1.17 bits per heavy atom. The van der Waals surface area contributed by atoms with E-state index in [1.165, 1.54) is 11.1 Å². The second kappa shape index (κ2) is 4.31. The molecule has 3 nitrogen and oxygen atoms in total. The first-order valence-corrected chi connectivity index (χ1v) is 6.00. The standard InChI is InChI=1S/C14H10N2OS/c17-14(16-18)9-5-6-12-11-4-2-1-3-10(11)8-15-13(12)7-9/h1-7,15H,8H2. The number of carbonyl (C=O) groups excluding carboxylic acids is 1. The molecule has 1 aliphatic rings. The molecule has 0 fully saturated rings. The molecular weight excluding hydrogens is 244 g/mol. The van der Waals surface area contributed by atoms with E-state index in [9.17, 15) is 4.79 Å². The summed E-state index contributed by atoms with van der Waals surface area (Å²) in [5, 5.41) is 3.31. The van der Waals surface area contributed by atoms with Crippen molar-refractivity contribution in [3.8, 4) is 11.1 Å². The molecule has 1 aliphatic heterocycles. The van der Waals surface area contributed by atoms with E-state index in [0.717, 1.165) is 17.8 Å². The minimum Gasteiger partial charge on any atom is -0.380 e. The predicted octanol–water partition coefficient (Wildman–Crippen LogP) is 3.15. The molecule has 1 N–H and O–H groups in total. The molecule has 3 rings (SSSR count). The molecule has 0 aliphatic carbocycles. The van der Waals surface area contributed by atoms with E-state index in [-0.39, 0.29) is 5.91 Å². The third kappa shape index (κ3) is 1.71. The highest BCUT2D eigenvalue weighted by molar-refractivity contribution is 7.47. The van der Waals surface area contributed by atoms with Gasteiger partial charge >= 0.3 is 0 Å². The fourth-order valence-electron chi connectivity index (χ4n) is 2.24. The lowest BCUT2D eigenvalue weighted by molar-refractivity contribution is 0.101. The summed E-state index contributed by atoms with van der Waals surface area (Å²) in [6.07, 6.45) is 0. The maximum Gasteiger partial charge on any atom is 0.288 e. The van der Waals surface area contributed by atoms with Crippen LogP contribution in [-0.4, -0.2) is 5.91 Å². The Labute approximate surface area is 110 Å². The number of hydrogen-bond donors (Lipinski definition) is 1. The van der Waals surface area contributed by atoms with Crippen molar-refractivity contribution in [2.75, 3.05) is 5.32 Å². The van der Waals surface area contributed by atoms with Crippen LogP contribution < -0.4 is 5.32 Å². The molecule has 0 unspecified atom stereocenters. The van der Waals surface area contributed by atoms with E-state index in [1.807, 2.05) is 24.3 Å². The molecule has 0 spiro atoms. The zero-order valence-corrected chi connectivity index (χ0v) is 10.3. The summed E-state index contributed by atoms with van der Waals surface area (Å²) in [5.74, 6) is -0.367.